The summed E-state index contributed by atoms with van der Waals surface area (Å²) in [7, 11) is 7.40. The van der Waals surface area contributed by atoms with Crippen LogP contribution in [0.2, 0.25) is 0 Å². The lowest BCUT2D eigenvalue weighted by Crippen LogP contribution is -2.44. The summed E-state index contributed by atoms with van der Waals surface area (Å²) in [5, 5.41) is 9.48. The highest BCUT2D eigenvalue weighted by Gasteiger charge is 2.69. The second-order valence-corrected chi connectivity index (χ2v) is 37.8. The summed E-state index contributed by atoms with van der Waals surface area (Å²) in [6.07, 6.45) is 39.2. The molecule has 652 valence electrons. The van der Waals surface area contributed by atoms with E-state index in [0.717, 1.165) is 132 Å². The largest absolute Gasteiger partial charge is 0.388 e. The maximum Gasteiger partial charge on any atom is 0.243 e. The van der Waals surface area contributed by atoms with Gasteiger partial charge >= 0.3 is 0 Å². The van der Waals surface area contributed by atoms with Crippen molar-refractivity contribution < 1.29 is 57.5 Å². The molecule has 4 saturated carbocycles. The van der Waals surface area contributed by atoms with Crippen LogP contribution < -0.4 is 10.6 Å². The Morgan fingerprint density at radius 3 is 1.11 bits per heavy atom. The number of hydrogen-bond donors (Lipinski definition) is 2. The number of benzene rings is 3. The first kappa shape index (κ1) is 88.3. The lowest BCUT2D eigenvalue weighted by atomic mass is 9.89. The molecule has 0 unspecified atom stereocenters. The molecule has 9 atom stereocenters. The quantitative estimate of drug-likeness (QED) is 0.0715. The molecule has 10 aliphatic rings. The molecule has 23 heteroatoms. The molecule has 2 N–H and O–H groups in total. The van der Waals surface area contributed by atoms with Gasteiger partial charge in [-0.2, -0.15) is 0 Å². The molecule has 16 rings (SSSR count). The lowest BCUT2D eigenvalue weighted by Gasteiger charge is -2.27. The van der Waals surface area contributed by atoms with Gasteiger partial charge in [0.15, 0.2) is 34.7 Å². The first-order valence-corrected chi connectivity index (χ1v) is 45.5. The van der Waals surface area contributed by atoms with E-state index in [4.69, 9.17) is 0 Å². The Balaban J connectivity index is 0.000000150. The highest BCUT2D eigenvalue weighted by Crippen LogP contribution is 2.63. The molecule has 23 nitrogen and oxygen atoms in total. The zero-order chi connectivity index (χ0) is 87.0. The number of allylic oxidation sites excluding steroid dienone is 6. The minimum absolute atomic E-state index is 0.0179. The number of piperidine rings is 3. The predicted molar refractivity (Wildman–Crippen MR) is 476 cm³/mol. The highest BCUT2D eigenvalue weighted by molar-refractivity contribution is 6.11. The standard InChI is InChI=1S/C36H48N4O4.C33H43N3O4.C30H38N4O4/c1-4-31(42)30-18-36-19-32(36)40(30)34(44)22-39-21-29(24(2)41)28-17-27(37-20-25-12-8-7-9-13-25)16-26(35(28)39)14-10-5-6-11-15-33(43)38(3)23-36;1-6-28(38)27-16-33-17-29(33)36(27)31(40)19-35-18-26(22(4)37)25-15-23(13-21(2)3)14-24(32(25)35)11-9-7-8-10-12-30(39)34(5)20-33;1-5-25(36)24-14-30-15-26(30)34(24)28(38)17-33-16-23(19(2)35)22-13-21(31-3)12-20(29(22)33)10-8-6-7-9-11-27(37)32(4)18-30/h5,10,16-17,21,25,30,32,37H,4,6-9,11-15,18-20,22-23H2,1-3H3;7,9,14-15,18,21,27,29H,6,8,10-13,16-17,19-20H2,1-5H3;6,8,12-13,16,24,26,31H,5,7,9-11,14-15,17-18H2,1-4H3/b10-5+;9-7+;8-6+/t30-,32+,36-;27-,29+,33-;24-,26+,30-/m000/s1. The third-order valence-corrected chi connectivity index (χ3v) is 28.5. The number of carbonyl (C=O) groups excluding carboxylic acids is 12. The third-order valence-electron chi connectivity index (χ3n) is 28.5. The summed E-state index contributed by atoms with van der Waals surface area (Å²) in [6, 6.07) is 11.2. The summed E-state index contributed by atoms with van der Waals surface area (Å²) < 4.78 is 5.80. The summed E-state index contributed by atoms with van der Waals surface area (Å²) >= 11 is 0. The van der Waals surface area contributed by atoms with Gasteiger partial charge in [0.25, 0.3) is 0 Å². The molecular weight excluding hydrogens is 1540 g/mol. The van der Waals surface area contributed by atoms with E-state index in [1.165, 1.54) is 37.7 Å². The van der Waals surface area contributed by atoms with Crippen LogP contribution in [0, 0.1) is 28.1 Å². The third kappa shape index (κ3) is 18.3. The fraction of sp³-hybridized carbons (Fsp3) is 0.576. The van der Waals surface area contributed by atoms with Gasteiger partial charge in [-0.3, -0.25) is 57.5 Å². The van der Waals surface area contributed by atoms with Crippen LogP contribution >= 0.6 is 0 Å². The Morgan fingerprint density at radius 2 is 0.770 bits per heavy atom. The van der Waals surface area contributed by atoms with E-state index in [1.807, 2.05) is 106 Å². The zero-order valence-electron chi connectivity index (χ0n) is 74.2. The van der Waals surface area contributed by atoms with Crippen LogP contribution in [0.25, 0.3) is 32.7 Å². The number of hydrogen-bond acceptors (Lipinski definition) is 14. The van der Waals surface area contributed by atoms with Crippen LogP contribution in [0.15, 0.2) is 91.4 Å². The average Bonchev–Trinajstić information content (AvgIpc) is 1.54. The van der Waals surface area contributed by atoms with Crippen molar-refractivity contribution in [3.8, 4) is 0 Å². The van der Waals surface area contributed by atoms with Gasteiger partial charge in [0.05, 0.1) is 34.7 Å². The van der Waals surface area contributed by atoms with Crippen molar-refractivity contribution in [3.05, 3.63) is 130 Å². The Morgan fingerprint density at radius 1 is 0.426 bits per heavy atom. The van der Waals surface area contributed by atoms with E-state index < -0.39 is 18.1 Å². The van der Waals surface area contributed by atoms with Crippen molar-refractivity contribution in [1.29, 1.82) is 0 Å². The molecule has 6 amide bonds. The number of carbonyl (C=O) groups is 12. The van der Waals surface area contributed by atoms with Crippen LogP contribution in [0.5, 0.6) is 0 Å². The van der Waals surface area contributed by atoms with Gasteiger partial charge in [-0.15, -0.1) is 0 Å². The zero-order valence-corrected chi connectivity index (χ0v) is 74.2. The number of Topliss-reactive ketones (excluding diaryl/α,β-unsaturated/α-hetero) is 6. The molecule has 0 radical (unpaired) electrons. The topological polar surface area (TPSA) is 263 Å². The maximum atomic E-state index is 14.2. The number of amides is 6. The number of ketones is 6. The van der Waals surface area contributed by atoms with Gasteiger partial charge in [0.1, 0.15) is 19.6 Å². The predicted octanol–water partition coefficient (Wildman–Crippen LogP) is 15.0. The van der Waals surface area contributed by atoms with Crippen LogP contribution in [0.3, 0.4) is 0 Å². The molecule has 6 aromatic rings. The maximum absolute atomic E-state index is 14.2. The molecule has 6 bridgehead atoms. The summed E-state index contributed by atoms with van der Waals surface area (Å²) in [5.41, 5.74) is 10.2. The monoisotopic (exact) mass is 1660 g/mol. The first-order chi connectivity index (χ1) is 58.4. The van der Waals surface area contributed by atoms with E-state index in [1.54, 1.807) is 31.9 Å². The van der Waals surface area contributed by atoms with E-state index in [0.29, 0.717) is 125 Å². The average molecular weight is 1670 g/mol. The smallest absolute Gasteiger partial charge is 0.243 e. The molecule has 3 saturated heterocycles. The van der Waals surface area contributed by atoms with Gasteiger partial charge in [-0.05, 0) is 201 Å². The number of anilines is 2. The molecule has 4 aliphatic carbocycles. The lowest BCUT2D eigenvalue weighted by molar-refractivity contribution is -0.139. The van der Waals surface area contributed by atoms with Crippen molar-refractivity contribution in [2.24, 2.45) is 28.1 Å². The van der Waals surface area contributed by atoms with Gasteiger partial charge in [0, 0.05) is 190 Å². The molecule has 6 aliphatic heterocycles. The summed E-state index contributed by atoms with van der Waals surface area (Å²) in [5.74, 6) is 1.34. The van der Waals surface area contributed by atoms with Crippen molar-refractivity contribution in [2.75, 3.05) is 65.0 Å². The second kappa shape index (κ2) is 36.8. The van der Waals surface area contributed by atoms with Gasteiger partial charge in [0.2, 0.25) is 35.4 Å². The van der Waals surface area contributed by atoms with Gasteiger partial charge < -0.3 is 53.7 Å². The molecule has 122 heavy (non-hydrogen) atoms. The van der Waals surface area contributed by atoms with Crippen molar-refractivity contribution in [2.45, 2.75) is 285 Å². The second-order valence-electron chi connectivity index (χ2n) is 37.8. The molecule has 7 fully saturated rings. The molecular formula is C99H129N11O12. The van der Waals surface area contributed by atoms with Crippen molar-refractivity contribution in [1.82, 2.24) is 43.1 Å². The van der Waals surface area contributed by atoms with E-state index in [-0.39, 0.29) is 124 Å². The molecule has 0 spiro atoms. The van der Waals surface area contributed by atoms with Crippen molar-refractivity contribution >= 4 is 114 Å². The van der Waals surface area contributed by atoms with Crippen LogP contribution in [0.4, 0.5) is 11.4 Å². The van der Waals surface area contributed by atoms with Crippen LogP contribution in [-0.4, -0.2) is 204 Å². The van der Waals surface area contributed by atoms with E-state index in [9.17, 15) is 57.5 Å². The number of nitrogens with one attached hydrogen (secondary N) is 2. The summed E-state index contributed by atoms with van der Waals surface area (Å²) in [6.45, 7) is 17.5. The normalized spacial score (nSPS) is 26.8. The Hall–Kier alpha value is -10.1. The summed E-state index contributed by atoms with van der Waals surface area (Å²) in [4.78, 5) is 169. The van der Waals surface area contributed by atoms with Gasteiger partial charge in [-0.1, -0.05) is 96.4 Å². The van der Waals surface area contributed by atoms with Crippen LogP contribution in [0.1, 0.15) is 256 Å². The van der Waals surface area contributed by atoms with Crippen molar-refractivity contribution in [3.63, 3.8) is 0 Å². The van der Waals surface area contributed by atoms with Gasteiger partial charge in [-0.25, -0.2) is 0 Å². The fourth-order valence-electron chi connectivity index (χ4n) is 22.0. The van der Waals surface area contributed by atoms with E-state index >= 15 is 0 Å². The highest BCUT2D eigenvalue weighted by atomic mass is 16.2. The number of rotatable bonds is 15. The first-order valence-electron chi connectivity index (χ1n) is 45.5. The fourth-order valence-corrected chi connectivity index (χ4v) is 22.0. The Bertz CT molecular complexity index is 5220. The molecule has 3 aromatic carbocycles. The van der Waals surface area contributed by atoms with E-state index in [2.05, 4.69) is 91.3 Å². The minimum atomic E-state index is -0.458. The Labute approximate surface area is 719 Å². The molecule has 9 heterocycles. The number of aromatic nitrogens is 3. The number of nitrogens with zero attached hydrogens (tertiary/aromatic N) is 9. The van der Waals surface area contributed by atoms with Crippen LogP contribution in [-0.2, 0) is 88.5 Å². The molecule has 3 aromatic heterocycles. The minimum Gasteiger partial charge on any atom is -0.388 e. The SMILES string of the molecule is CCC(=O)[C@@H]1C[C@@]23C[C@H]2N1C(=O)Cn1cc(C(C)=O)c2cc(CC(C)C)cc(c21)C/C=C/CCCC(=O)N(C)C3.CCC(=O)[C@@H]1C[C@@]23C[C@H]2N1C(=O)Cn1cc(C(C)=O)c2cc(NC)cc(c21)C/C=C/CCCC(=O)N(C)C3.CCC(=O)[C@@H]1C[C@@]23C[C@H]2N1C(=O)Cn1cc(C(C)=O)c2cc(NCC4CCCCC4)cc(c21)C/C=C/CCCC(=O)N(C)C3. The Kier molecular flexibility index (Phi) is 26.6.